The van der Waals surface area contributed by atoms with Gasteiger partial charge in [-0.25, -0.2) is 0 Å². The number of aromatic nitrogens is 1. The van der Waals surface area contributed by atoms with E-state index in [1.54, 1.807) is 19.3 Å². The minimum absolute atomic E-state index is 0.102. The van der Waals surface area contributed by atoms with Gasteiger partial charge >= 0.3 is 0 Å². The molecule has 2 aromatic carbocycles. The van der Waals surface area contributed by atoms with Crippen molar-refractivity contribution < 1.29 is 9.90 Å². The third kappa shape index (κ3) is 3.61. The molecule has 1 amide bonds. The molecule has 0 aliphatic rings. The van der Waals surface area contributed by atoms with Crippen molar-refractivity contribution in [2.75, 3.05) is 6.54 Å². The topological polar surface area (TPSA) is 71.3 Å². The highest BCUT2D eigenvalue weighted by Crippen LogP contribution is 2.25. The molecule has 5 nitrogen and oxygen atoms in total. The van der Waals surface area contributed by atoms with Crippen LogP contribution in [-0.4, -0.2) is 22.1 Å². The molecule has 25 heavy (non-hydrogen) atoms. The Bertz CT molecular complexity index is 957. The van der Waals surface area contributed by atoms with Crippen LogP contribution >= 0.6 is 0 Å². The summed E-state index contributed by atoms with van der Waals surface area (Å²) in [5.74, 6) is -0.425. The molecule has 0 fully saturated rings. The van der Waals surface area contributed by atoms with Gasteiger partial charge in [0, 0.05) is 19.8 Å². The number of aryl methyl sites for hydroxylation is 1. The van der Waals surface area contributed by atoms with Crippen LogP contribution < -0.4 is 10.9 Å². The molecule has 0 aliphatic carbocycles. The van der Waals surface area contributed by atoms with E-state index in [4.69, 9.17) is 0 Å². The van der Waals surface area contributed by atoms with Gasteiger partial charge in [-0.05, 0) is 34.9 Å². The van der Waals surface area contributed by atoms with E-state index in [0.29, 0.717) is 6.42 Å². The summed E-state index contributed by atoms with van der Waals surface area (Å²) in [5, 5.41) is 15.3. The van der Waals surface area contributed by atoms with E-state index < -0.39 is 12.0 Å². The number of benzene rings is 2. The molecule has 0 bridgehead atoms. The average Bonchev–Trinajstić information content (AvgIpc) is 2.63. The molecule has 3 aromatic rings. The van der Waals surface area contributed by atoms with Crippen molar-refractivity contribution in [1.29, 1.82) is 0 Å². The highest BCUT2D eigenvalue weighted by Gasteiger charge is 2.14. The lowest BCUT2D eigenvalue weighted by molar-refractivity contribution is 0.0941. The molecule has 0 saturated carbocycles. The Kier molecular flexibility index (Phi) is 4.95. The first kappa shape index (κ1) is 16.9. The largest absolute Gasteiger partial charge is 0.388 e. The van der Waals surface area contributed by atoms with Gasteiger partial charge in [0.05, 0.1) is 6.10 Å². The summed E-state index contributed by atoms with van der Waals surface area (Å²) < 4.78 is 1.36. The number of rotatable bonds is 5. The maximum atomic E-state index is 12.1. The molecule has 2 N–H and O–H groups in total. The Morgan fingerprint density at radius 3 is 2.72 bits per heavy atom. The molecule has 128 valence electrons. The zero-order chi connectivity index (χ0) is 17.8. The van der Waals surface area contributed by atoms with Gasteiger partial charge in [0.15, 0.2) is 0 Å². The number of amides is 1. The van der Waals surface area contributed by atoms with Gasteiger partial charge in [0.2, 0.25) is 0 Å². The van der Waals surface area contributed by atoms with Crippen LogP contribution in [0.1, 0.15) is 28.4 Å². The maximum Gasteiger partial charge on any atom is 0.263 e. The SMILES string of the molecule is Cn1cccc(C(=O)NCCC(O)c2cccc3ccccc23)c1=O. The summed E-state index contributed by atoms with van der Waals surface area (Å²) in [5.41, 5.74) is 0.599. The van der Waals surface area contributed by atoms with Gasteiger partial charge in [-0.15, -0.1) is 0 Å². The Morgan fingerprint density at radius 2 is 1.88 bits per heavy atom. The molecule has 1 atom stereocenters. The fourth-order valence-electron chi connectivity index (χ4n) is 2.88. The lowest BCUT2D eigenvalue weighted by Gasteiger charge is -2.14. The smallest absolute Gasteiger partial charge is 0.263 e. The van der Waals surface area contributed by atoms with Crippen LogP contribution in [-0.2, 0) is 7.05 Å². The number of carbonyl (C=O) groups excluding carboxylic acids is 1. The summed E-state index contributed by atoms with van der Waals surface area (Å²) >= 11 is 0. The zero-order valence-corrected chi connectivity index (χ0v) is 14.0. The minimum atomic E-state index is -0.690. The van der Waals surface area contributed by atoms with Crippen LogP contribution in [0.25, 0.3) is 10.8 Å². The van der Waals surface area contributed by atoms with E-state index in [-0.39, 0.29) is 17.7 Å². The molecule has 1 heterocycles. The van der Waals surface area contributed by atoms with E-state index in [9.17, 15) is 14.7 Å². The predicted molar refractivity (Wildman–Crippen MR) is 97.5 cm³/mol. The van der Waals surface area contributed by atoms with Crippen molar-refractivity contribution in [2.45, 2.75) is 12.5 Å². The number of nitrogens with zero attached hydrogens (tertiary/aromatic N) is 1. The van der Waals surface area contributed by atoms with Crippen molar-refractivity contribution in [3.8, 4) is 0 Å². The average molecular weight is 336 g/mol. The van der Waals surface area contributed by atoms with Gasteiger partial charge in [0.1, 0.15) is 5.56 Å². The van der Waals surface area contributed by atoms with Crippen molar-refractivity contribution in [1.82, 2.24) is 9.88 Å². The second-order valence-corrected chi connectivity index (χ2v) is 5.97. The fourth-order valence-corrected chi connectivity index (χ4v) is 2.88. The summed E-state index contributed by atoms with van der Waals surface area (Å²) in [4.78, 5) is 24.1. The second-order valence-electron chi connectivity index (χ2n) is 5.97. The van der Waals surface area contributed by atoms with Crippen LogP contribution in [0.5, 0.6) is 0 Å². The number of hydrogen-bond acceptors (Lipinski definition) is 3. The van der Waals surface area contributed by atoms with Gasteiger partial charge < -0.3 is 15.0 Å². The maximum absolute atomic E-state index is 12.1. The quantitative estimate of drug-likeness (QED) is 0.751. The third-order valence-corrected chi connectivity index (χ3v) is 4.25. The highest BCUT2D eigenvalue weighted by atomic mass is 16.3. The Hall–Kier alpha value is -2.92. The zero-order valence-electron chi connectivity index (χ0n) is 14.0. The molecular formula is C20H20N2O3. The summed E-state index contributed by atoms with van der Waals surface area (Å²) in [6, 6.07) is 16.8. The summed E-state index contributed by atoms with van der Waals surface area (Å²) in [6.45, 7) is 0.279. The third-order valence-electron chi connectivity index (χ3n) is 4.25. The molecule has 0 aliphatic heterocycles. The Labute approximate surface area is 145 Å². The predicted octanol–water partition coefficient (Wildman–Crippen LogP) is 2.39. The molecular weight excluding hydrogens is 316 g/mol. The van der Waals surface area contributed by atoms with E-state index in [1.165, 1.54) is 10.6 Å². The number of nitrogens with one attached hydrogen (secondary N) is 1. The Morgan fingerprint density at radius 1 is 1.12 bits per heavy atom. The monoisotopic (exact) mass is 336 g/mol. The summed E-state index contributed by atoms with van der Waals surface area (Å²) in [7, 11) is 1.60. The molecule has 5 heteroatoms. The van der Waals surface area contributed by atoms with Crippen LogP contribution in [0.4, 0.5) is 0 Å². The molecule has 0 spiro atoms. The number of aliphatic hydroxyl groups is 1. The first-order chi connectivity index (χ1) is 12.1. The van der Waals surface area contributed by atoms with Crippen LogP contribution in [0.3, 0.4) is 0 Å². The van der Waals surface area contributed by atoms with Crippen LogP contribution in [0.2, 0.25) is 0 Å². The van der Waals surface area contributed by atoms with E-state index in [0.717, 1.165) is 16.3 Å². The number of hydrogen-bond donors (Lipinski definition) is 2. The van der Waals surface area contributed by atoms with Crippen molar-refractivity contribution >= 4 is 16.7 Å². The van der Waals surface area contributed by atoms with E-state index >= 15 is 0 Å². The van der Waals surface area contributed by atoms with E-state index in [2.05, 4.69) is 5.32 Å². The van der Waals surface area contributed by atoms with Crippen molar-refractivity contribution in [3.05, 3.63) is 82.3 Å². The summed E-state index contributed by atoms with van der Waals surface area (Å²) in [6.07, 6.45) is 1.28. The van der Waals surface area contributed by atoms with Gasteiger partial charge in [-0.3, -0.25) is 9.59 Å². The molecule has 1 unspecified atom stereocenters. The van der Waals surface area contributed by atoms with Crippen LogP contribution in [0, 0.1) is 0 Å². The van der Waals surface area contributed by atoms with Gasteiger partial charge in [0.25, 0.3) is 11.5 Å². The van der Waals surface area contributed by atoms with Gasteiger partial charge in [-0.1, -0.05) is 42.5 Å². The standard InChI is InChI=1S/C20H20N2O3/c1-22-13-5-10-17(20(22)25)19(24)21-12-11-18(23)16-9-4-7-14-6-2-3-8-15(14)16/h2-10,13,18,23H,11-12H2,1H3,(H,21,24). The first-order valence-corrected chi connectivity index (χ1v) is 8.17. The molecule has 0 radical (unpaired) electrons. The lowest BCUT2D eigenvalue weighted by atomic mass is 9.99. The number of aliphatic hydroxyl groups excluding tert-OH is 1. The molecule has 3 rings (SSSR count). The normalized spacial score (nSPS) is 12.1. The lowest BCUT2D eigenvalue weighted by Crippen LogP contribution is -2.32. The van der Waals surface area contributed by atoms with Crippen LogP contribution in [0.15, 0.2) is 65.6 Å². The fraction of sp³-hybridized carbons (Fsp3) is 0.200. The van der Waals surface area contributed by atoms with E-state index in [1.807, 2.05) is 42.5 Å². The first-order valence-electron chi connectivity index (χ1n) is 8.17. The van der Waals surface area contributed by atoms with Crippen molar-refractivity contribution in [3.63, 3.8) is 0 Å². The van der Waals surface area contributed by atoms with Crippen molar-refractivity contribution in [2.24, 2.45) is 7.05 Å². The number of carbonyl (C=O) groups is 1. The van der Waals surface area contributed by atoms with Gasteiger partial charge in [-0.2, -0.15) is 0 Å². The molecule has 1 aromatic heterocycles. The second kappa shape index (κ2) is 7.32. The number of pyridine rings is 1. The Balaban J connectivity index is 1.66. The minimum Gasteiger partial charge on any atom is -0.388 e. The highest BCUT2D eigenvalue weighted by molar-refractivity contribution is 5.93. The molecule has 0 saturated heterocycles. The number of fused-ring (bicyclic) bond motifs is 1.